The Bertz CT molecular complexity index is 605. The van der Waals surface area contributed by atoms with Gasteiger partial charge in [0, 0.05) is 34.5 Å². The van der Waals surface area contributed by atoms with Gasteiger partial charge in [-0.1, -0.05) is 0 Å². The molecule has 6 saturated carbocycles. The Labute approximate surface area is 127 Å². The zero-order valence-corrected chi connectivity index (χ0v) is 12.4. The average molecular weight is 308 g/mol. The van der Waals surface area contributed by atoms with Crippen LogP contribution in [-0.2, 0) is 9.47 Å². The third-order valence-electron chi connectivity index (χ3n) is 9.27. The van der Waals surface area contributed by atoms with E-state index < -0.39 is 34.6 Å². The zero-order chi connectivity index (χ0) is 15.2. The Morgan fingerprint density at radius 2 is 1.05 bits per heavy atom. The SMILES string of the molecule is C[C@]1(O)O[C@@H]2[C@@H](O)[C@@H]3[C@@H]4[C@@H]5[C@@H]6[C@@H](O)[C@H]7O[C@](C)(O)[C@]3([C@@H]75)[C@@]61[C@H]24. The third-order valence-corrected chi connectivity index (χ3v) is 9.27. The van der Waals surface area contributed by atoms with Crippen LogP contribution in [0.4, 0.5) is 0 Å². The van der Waals surface area contributed by atoms with Crippen LogP contribution in [0.3, 0.4) is 0 Å². The van der Waals surface area contributed by atoms with Gasteiger partial charge in [-0.25, -0.2) is 0 Å². The van der Waals surface area contributed by atoms with Crippen LogP contribution in [0.25, 0.3) is 0 Å². The Kier molecular flexibility index (Phi) is 1.44. The van der Waals surface area contributed by atoms with Crippen LogP contribution in [0, 0.1) is 46.3 Å². The summed E-state index contributed by atoms with van der Waals surface area (Å²) in [5.41, 5.74) is -1.38. The minimum Gasteiger partial charge on any atom is -0.390 e. The van der Waals surface area contributed by atoms with Gasteiger partial charge in [0.05, 0.1) is 24.4 Å². The molecule has 120 valence electrons. The van der Waals surface area contributed by atoms with Crippen molar-refractivity contribution in [1.82, 2.24) is 0 Å². The molecule has 2 spiro atoms. The van der Waals surface area contributed by atoms with Crippen molar-refractivity contribution in [3.63, 3.8) is 0 Å². The van der Waals surface area contributed by atoms with Gasteiger partial charge in [-0.15, -0.1) is 0 Å². The molecule has 2 saturated heterocycles. The maximum absolute atomic E-state index is 11.2. The summed E-state index contributed by atoms with van der Waals surface area (Å²) in [4.78, 5) is 0. The fourth-order valence-corrected chi connectivity index (χ4v) is 9.97. The maximum atomic E-state index is 11.2. The molecule has 8 rings (SSSR count). The van der Waals surface area contributed by atoms with E-state index >= 15 is 0 Å². The second-order valence-electron chi connectivity index (χ2n) is 9.11. The molecule has 8 fully saturated rings. The van der Waals surface area contributed by atoms with Crippen molar-refractivity contribution >= 4 is 0 Å². The Morgan fingerprint density at radius 1 is 0.682 bits per heavy atom. The fourth-order valence-electron chi connectivity index (χ4n) is 9.97. The molecule has 0 aromatic rings. The van der Waals surface area contributed by atoms with E-state index in [-0.39, 0.29) is 47.7 Å². The molecule has 2 heterocycles. The van der Waals surface area contributed by atoms with E-state index in [1.54, 1.807) is 13.8 Å². The van der Waals surface area contributed by atoms with Crippen LogP contribution >= 0.6 is 0 Å². The van der Waals surface area contributed by atoms with Gasteiger partial charge in [0.25, 0.3) is 0 Å². The molecule has 14 atom stereocenters. The molecule has 2 aliphatic heterocycles. The number of aliphatic hydroxyl groups is 4. The quantitative estimate of drug-likeness (QED) is 0.442. The summed E-state index contributed by atoms with van der Waals surface area (Å²) >= 11 is 0. The first-order chi connectivity index (χ1) is 10.2. The highest BCUT2D eigenvalue weighted by atomic mass is 16.7. The molecule has 0 radical (unpaired) electrons. The third kappa shape index (κ3) is 0.634. The highest BCUT2D eigenvalue weighted by Gasteiger charge is 3.06. The molecule has 8 bridgehead atoms. The summed E-state index contributed by atoms with van der Waals surface area (Å²) in [7, 11) is 0. The van der Waals surface area contributed by atoms with Crippen molar-refractivity contribution in [2.75, 3.05) is 0 Å². The highest BCUT2D eigenvalue weighted by Crippen LogP contribution is 2.99. The molecule has 22 heavy (non-hydrogen) atoms. The van der Waals surface area contributed by atoms with Gasteiger partial charge >= 0.3 is 0 Å². The van der Waals surface area contributed by atoms with Gasteiger partial charge in [0.1, 0.15) is 0 Å². The number of hydrogen-bond donors (Lipinski definition) is 4. The predicted octanol–water partition coefficient (Wildman–Crippen LogP) is -1.34. The minimum absolute atomic E-state index is 0.0255. The van der Waals surface area contributed by atoms with Crippen molar-refractivity contribution in [1.29, 1.82) is 0 Å². The van der Waals surface area contributed by atoms with Crippen molar-refractivity contribution < 1.29 is 29.9 Å². The smallest absolute Gasteiger partial charge is 0.170 e. The molecule has 0 unspecified atom stereocenters. The predicted molar refractivity (Wildman–Crippen MR) is 68.8 cm³/mol. The molecule has 6 aliphatic carbocycles. The van der Waals surface area contributed by atoms with Gasteiger partial charge in [-0.3, -0.25) is 0 Å². The Balaban J connectivity index is 1.67. The van der Waals surface area contributed by atoms with Gasteiger partial charge in [0.2, 0.25) is 0 Å². The van der Waals surface area contributed by atoms with E-state index in [0.29, 0.717) is 0 Å². The molecular formula is C16H20O6. The highest BCUT2D eigenvalue weighted by molar-refractivity contribution is 5.49. The normalized spacial score (nSPS) is 87.0. The van der Waals surface area contributed by atoms with E-state index in [4.69, 9.17) is 9.47 Å². The summed E-state index contributed by atoms with van der Waals surface area (Å²) < 4.78 is 11.9. The lowest BCUT2D eigenvalue weighted by atomic mass is 9.45. The van der Waals surface area contributed by atoms with E-state index in [2.05, 4.69) is 0 Å². The molecule has 4 N–H and O–H groups in total. The number of aliphatic hydroxyl groups excluding tert-OH is 2. The summed E-state index contributed by atoms with van der Waals surface area (Å²) in [5.74, 6) is -2.53. The van der Waals surface area contributed by atoms with Gasteiger partial charge in [-0.05, 0) is 25.7 Å². The van der Waals surface area contributed by atoms with Crippen LogP contribution < -0.4 is 0 Å². The monoisotopic (exact) mass is 308 g/mol. The first kappa shape index (κ1) is 12.2. The van der Waals surface area contributed by atoms with Crippen molar-refractivity contribution in [2.45, 2.75) is 49.8 Å². The Morgan fingerprint density at radius 3 is 1.41 bits per heavy atom. The van der Waals surface area contributed by atoms with Crippen LogP contribution in [0.5, 0.6) is 0 Å². The zero-order valence-electron chi connectivity index (χ0n) is 12.4. The van der Waals surface area contributed by atoms with E-state index in [1.807, 2.05) is 0 Å². The molecular weight excluding hydrogens is 288 g/mol. The first-order valence-corrected chi connectivity index (χ1v) is 8.41. The summed E-state index contributed by atoms with van der Waals surface area (Å²) in [6.07, 6.45) is -2.06. The van der Waals surface area contributed by atoms with Crippen LogP contribution in [0.2, 0.25) is 0 Å². The van der Waals surface area contributed by atoms with E-state index in [1.165, 1.54) is 0 Å². The van der Waals surface area contributed by atoms with E-state index in [0.717, 1.165) is 0 Å². The molecule has 6 heteroatoms. The lowest BCUT2D eigenvalue weighted by Crippen LogP contribution is -2.68. The fraction of sp³-hybridized carbons (Fsp3) is 1.00. The largest absolute Gasteiger partial charge is 0.390 e. The number of rotatable bonds is 0. The number of hydrogen-bond acceptors (Lipinski definition) is 6. The van der Waals surface area contributed by atoms with Crippen LogP contribution in [-0.4, -0.2) is 56.4 Å². The molecule has 0 aromatic heterocycles. The average Bonchev–Trinajstić information content (AvgIpc) is 3.17. The maximum Gasteiger partial charge on any atom is 0.170 e. The lowest BCUT2D eigenvalue weighted by Gasteiger charge is -2.57. The second kappa shape index (κ2) is 2.61. The summed E-state index contributed by atoms with van der Waals surface area (Å²) in [5, 5.41) is 44.1. The Hall–Kier alpha value is -0.240. The standard InChI is InChI=1S/C16H20O6/c1-13(19)15-5-3-4-6(10(18)11(21-13)7(4)15)16(15)8(3)12(9(5)17)22-14(16,2)20/h3-12,17-20H,1-2H3/t3-,4+,5-,6+,7+,8-,9-,10+,11-,12-,13-,14-,15-,16+/m0/s1. The van der Waals surface area contributed by atoms with Gasteiger partial charge in [-0.2, -0.15) is 0 Å². The minimum atomic E-state index is -1.44. The van der Waals surface area contributed by atoms with Crippen LogP contribution in [0.1, 0.15) is 13.8 Å². The second-order valence-corrected chi connectivity index (χ2v) is 9.11. The van der Waals surface area contributed by atoms with Crippen molar-refractivity contribution in [3.05, 3.63) is 0 Å². The summed E-state index contributed by atoms with van der Waals surface area (Å²) in [6.45, 7) is 3.33. The molecule has 8 aliphatic rings. The lowest BCUT2D eigenvalue weighted by molar-refractivity contribution is -0.308. The topological polar surface area (TPSA) is 99.4 Å². The van der Waals surface area contributed by atoms with E-state index in [9.17, 15) is 20.4 Å². The van der Waals surface area contributed by atoms with Crippen LogP contribution in [0.15, 0.2) is 0 Å². The van der Waals surface area contributed by atoms with Crippen molar-refractivity contribution in [2.24, 2.45) is 46.3 Å². The van der Waals surface area contributed by atoms with Gasteiger partial charge in [0.15, 0.2) is 11.6 Å². The number of ether oxygens (including phenoxy) is 2. The van der Waals surface area contributed by atoms with Gasteiger partial charge < -0.3 is 29.9 Å². The molecule has 0 amide bonds. The van der Waals surface area contributed by atoms with Crippen molar-refractivity contribution in [3.8, 4) is 0 Å². The first-order valence-electron chi connectivity index (χ1n) is 8.41. The molecule has 0 aromatic carbocycles. The summed E-state index contributed by atoms with van der Waals surface area (Å²) in [6, 6.07) is 0. The molecule has 6 nitrogen and oxygen atoms in total.